The van der Waals surface area contributed by atoms with Crippen LogP contribution in [0.2, 0.25) is 0 Å². The van der Waals surface area contributed by atoms with Gasteiger partial charge in [0.25, 0.3) is 0 Å². The van der Waals surface area contributed by atoms with Crippen LogP contribution >= 0.6 is 0 Å². The third-order valence-electron chi connectivity index (χ3n) is 4.59. The van der Waals surface area contributed by atoms with Crippen LogP contribution in [0, 0.1) is 11.3 Å². The Morgan fingerprint density at radius 1 is 1.55 bits per heavy atom. The van der Waals surface area contributed by atoms with E-state index in [0.29, 0.717) is 12.0 Å². The van der Waals surface area contributed by atoms with Crippen LogP contribution in [0.5, 0.6) is 0 Å². The highest BCUT2D eigenvalue weighted by atomic mass is 16.5. The monoisotopic (exact) mass is 280 g/mol. The summed E-state index contributed by atoms with van der Waals surface area (Å²) in [6, 6.07) is 0.401. The molecule has 0 spiro atoms. The molecule has 3 rings (SSSR count). The van der Waals surface area contributed by atoms with E-state index in [1.807, 2.05) is 6.33 Å². The first-order valence-corrected chi connectivity index (χ1v) is 7.32. The number of ether oxygens (including phenoxy) is 2. The maximum absolute atomic E-state index is 5.67. The predicted molar refractivity (Wildman–Crippen MR) is 74.3 cm³/mol. The Morgan fingerprint density at radius 2 is 2.40 bits per heavy atom. The second-order valence-electron chi connectivity index (χ2n) is 6.43. The first-order chi connectivity index (χ1) is 9.64. The van der Waals surface area contributed by atoms with Crippen molar-refractivity contribution in [3.63, 3.8) is 0 Å². The molecule has 1 aromatic rings. The number of hydrogen-bond acceptors (Lipinski definition) is 5. The Balaban J connectivity index is 1.70. The van der Waals surface area contributed by atoms with Crippen molar-refractivity contribution in [2.75, 3.05) is 40.0 Å². The molecule has 0 N–H and O–H groups in total. The maximum Gasteiger partial charge on any atom is 0.147 e. The number of likely N-dealkylation sites (tertiary alicyclic amines) is 1. The first kappa shape index (κ1) is 14.0. The van der Waals surface area contributed by atoms with Crippen molar-refractivity contribution >= 4 is 0 Å². The van der Waals surface area contributed by atoms with Crippen molar-refractivity contribution in [2.24, 2.45) is 11.3 Å². The molecule has 2 atom stereocenters. The average molecular weight is 280 g/mol. The fourth-order valence-corrected chi connectivity index (χ4v) is 3.57. The molecule has 6 nitrogen and oxygen atoms in total. The number of fused-ring (bicyclic) bond motifs is 1. The molecule has 0 unspecified atom stereocenters. The minimum atomic E-state index is 0.178. The summed E-state index contributed by atoms with van der Waals surface area (Å²) in [6.07, 6.45) is 1.82. The average Bonchev–Trinajstić information content (AvgIpc) is 3.03. The second kappa shape index (κ2) is 5.42. The molecule has 0 aromatic carbocycles. The lowest BCUT2D eigenvalue weighted by Gasteiger charge is -2.26. The summed E-state index contributed by atoms with van der Waals surface area (Å²) in [5.41, 5.74) is 0.178. The van der Waals surface area contributed by atoms with Crippen LogP contribution in [0.3, 0.4) is 0 Å². The molecule has 0 aliphatic carbocycles. The summed E-state index contributed by atoms with van der Waals surface area (Å²) in [5.74, 6) is 1.63. The van der Waals surface area contributed by atoms with E-state index in [1.54, 1.807) is 7.11 Å². The molecule has 2 saturated heterocycles. The molecule has 0 saturated carbocycles. The number of rotatable bonds is 5. The van der Waals surface area contributed by atoms with Crippen LogP contribution in [0.25, 0.3) is 0 Å². The molecule has 6 heteroatoms. The van der Waals surface area contributed by atoms with Gasteiger partial charge in [-0.3, -0.25) is 4.90 Å². The molecular formula is C14H24N4O2. The number of hydrogen-bond donors (Lipinski definition) is 0. The largest absolute Gasteiger partial charge is 0.384 e. The molecule has 2 aliphatic rings. The lowest BCUT2D eigenvalue weighted by Crippen LogP contribution is -2.35. The predicted octanol–water partition coefficient (Wildman–Crippen LogP) is 0.954. The van der Waals surface area contributed by atoms with E-state index >= 15 is 0 Å². The standard InChI is InChI=1S/C14H24N4O2/c1-11(2)18-10-15-16-13(18)5-17-4-12-6-20-9-14(12,7-17)8-19-3/h10-12H,4-9H2,1-3H3/t12-,14-/m0/s1. The molecule has 3 heterocycles. The van der Waals surface area contributed by atoms with Crippen molar-refractivity contribution in [1.82, 2.24) is 19.7 Å². The Bertz CT molecular complexity index is 462. The fourth-order valence-electron chi connectivity index (χ4n) is 3.57. The molecule has 1 aromatic heterocycles. The highest BCUT2D eigenvalue weighted by molar-refractivity contribution is 5.01. The van der Waals surface area contributed by atoms with E-state index in [2.05, 4.69) is 33.5 Å². The quantitative estimate of drug-likeness (QED) is 0.804. The fraction of sp³-hybridized carbons (Fsp3) is 0.857. The highest BCUT2D eigenvalue weighted by Crippen LogP contribution is 2.41. The van der Waals surface area contributed by atoms with Gasteiger partial charge in [-0.05, 0) is 13.8 Å². The third kappa shape index (κ3) is 2.36. The van der Waals surface area contributed by atoms with E-state index in [4.69, 9.17) is 9.47 Å². The zero-order valence-corrected chi connectivity index (χ0v) is 12.6. The maximum atomic E-state index is 5.67. The van der Waals surface area contributed by atoms with Gasteiger partial charge in [-0.1, -0.05) is 0 Å². The summed E-state index contributed by atoms with van der Waals surface area (Å²) in [4.78, 5) is 2.47. The van der Waals surface area contributed by atoms with Crippen molar-refractivity contribution in [1.29, 1.82) is 0 Å². The SMILES string of the molecule is COC[C@@]12COC[C@@H]1CN(Cc1nncn1C(C)C)C2. The van der Waals surface area contributed by atoms with E-state index in [-0.39, 0.29) is 5.41 Å². The molecule has 0 bridgehead atoms. The van der Waals surface area contributed by atoms with E-state index in [1.165, 1.54) is 0 Å². The Labute approximate surface area is 120 Å². The molecule has 20 heavy (non-hydrogen) atoms. The van der Waals surface area contributed by atoms with Crippen molar-refractivity contribution < 1.29 is 9.47 Å². The van der Waals surface area contributed by atoms with Gasteiger partial charge in [-0.25, -0.2) is 0 Å². The van der Waals surface area contributed by atoms with Gasteiger partial charge in [0.1, 0.15) is 12.2 Å². The third-order valence-corrected chi connectivity index (χ3v) is 4.59. The summed E-state index contributed by atoms with van der Waals surface area (Å²) >= 11 is 0. The summed E-state index contributed by atoms with van der Waals surface area (Å²) < 4.78 is 13.3. The van der Waals surface area contributed by atoms with Crippen LogP contribution in [0.1, 0.15) is 25.7 Å². The van der Waals surface area contributed by atoms with Crippen LogP contribution in [-0.4, -0.2) is 59.7 Å². The minimum absolute atomic E-state index is 0.178. The van der Waals surface area contributed by atoms with Gasteiger partial charge in [-0.2, -0.15) is 0 Å². The van der Waals surface area contributed by atoms with Gasteiger partial charge >= 0.3 is 0 Å². The zero-order chi connectivity index (χ0) is 14.2. The second-order valence-corrected chi connectivity index (χ2v) is 6.43. The first-order valence-electron chi connectivity index (χ1n) is 7.32. The van der Waals surface area contributed by atoms with E-state index in [0.717, 1.165) is 45.3 Å². The smallest absolute Gasteiger partial charge is 0.147 e. The van der Waals surface area contributed by atoms with Crippen LogP contribution in [0.15, 0.2) is 6.33 Å². The van der Waals surface area contributed by atoms with Crippen LogP contribution in [-0.2, 0) is 16.0 Å². The normalized spacial score (nSPS) is 30.3. The Kier molecular flexibility index (Phi) is 3.79. The molecule has 0 amide bonds. The lowest BCUT2D eigenvalue weighted by atomic mass is 9.82. The summed E-state index contributed by atoms with van der Waals surface area (Å²) in [6.45, 7) is 9.73. The van der Waals surface area contributed by atoms with Gasteiger partial charge in [0, 0.05) is 37.6 Å². The van der Waals surface area contributed by atoms with Crippen LogP contribution < -0.4 is 0 Å². The lowest BCUT2D eigenvalue weighted by molar-refractivity contribution is 0.0529. The molecular weight excluding hydrogens is 256 g/mol. The van der Waals surface area contributed by atoms with E-state index < -0.39 is 0 Å². The minimum Gasteiger partial charge on any atom is -0.384 e. The van der Waals surface area contributed by atoms with Crippen molar-refractivity contribution in [2.45, 2.75) is 26.4 Å². The highest BCUT2D eigenvalue weighted by Gasteiger charge is 2.50. The summed E-state index contributed by atoms with van der Waals surface area (Å²) in [7, 11) is 1.78. The molecule has 112 valence electrons. The number of aromatic nitrogens is 3. The molecule has 2 aliphatic heterocycles. The summed E-state index contributed by atoms with van der Waals surface area (Å²) in [5, 5.41) is 8.32. The van der Waals surface area contributed by atoms with Gasteiger partial charge < -0.3 is 14.0 Å². The number of nitrogens with zero attached hydrogens (tertiary/aromatic N) is 4. The van der Waals surface area contributed by atoms with Gasteiger partial charge in [0.05, 0.1) is 26.4 Å². The van der Waals surface area contributed by atoms with Crippen LogP contribution in [0.4, 0.5) is 0 Å². The number of methoxy groups -OCH3 is 1. The Hall–Kier alpha value is -0.980. The topological polar surface area (TPSA) is 52.4 Å². The van der Waals surface area contributed by atoms with Gasteiger partial charge in [-0.15, -0.1) is 10.2 Å². The van der Waals surface area contributed by atoms with E-state index in [9.17, 15) is 0 Å². The van der Waals surface area contributed by atoms with Crippen molar-refractivity contribution in [3.05, 3.63) is 12.2 Å². The van der Waals surface area contributed by atoms with Crippen molar-refractivity contribution in [3.8, 4) is 0 Å². The zero-order valence-electron chi connectivity index (χ0n) is 12.6. The molecule has 2 fully saturated rings. The Morgan fingerprint density at radius 3 is 3.15 bits per heavy atom. The molecule has 0 radical (unpaired) electrons. The van der Waals surface area contributed by atoms with Gasteiger partial charge in [0.2, 0.25) is 0 Å². The van der Waals surface area contributed by atoms with Gasteiger partial charge in [0.15, 0.2) is 0 Å².